The molecular weight excluding hydrogens is 792 g/mol. The molecule has 16 nitrogen and oxygen atoms in total. The Bertz CT molecular complexity index is 3160. The van der Waals surface area contributed by atoms with Gasteiger partial charge in [0.2, 0.25) is 0 Å². The number of nitrogens with two attached hydrogens (primary N) is 2. The van der Waals surface area contributed by atoms with Crippen LogP contribution in [0.4, 0.5) is 0 Å². The maximum atomic E-state index is 12.3. The zero-order valence-electron chi connectivity index (χ0n) is 31.8. The molecule has 0 radical (unpaired) electrons. The van der Waals surface area contributed by atoms with Gasteiger partial charge in [0.15, 0.2) is 10.9 Å². The molecule has 0 aromatic heterocycles. The van der Waals surface area contributed by atoms with Crippen molar-refractivity contribution >= 4 is 45.8 Å². The number of aryl methyl sites for hydroxylation is 1. The highest BCUT2D eigenvalue weighted by Crippen LogP contribution is 2.45. The van der Waals surface area contributed by atoms with Crippen molar-refractivity contribution in [1.29, 1.82) is 0 Å². The van der Waals surface area contributed by atoms with Crippen molar-refractivity contribution in [2.45, 2.75) is 20.0 Å². The summed E-state index contributed by atoms with van der Waals surface area (Å²) in [6, 6.07) is 22.8. The Morgan fingerprint density at radius 1 is 0.574 bits per heavy atom. The van der Waals surface area contributed by atoms with Crippen LogP contribution < -0.4 is 22.3 Å². The van der Waals surface area contributed by atoms with E-state index in [1.165, 1.54) is 72.8 Å². The molecule has 0 unspecified atom stereocenters. The first-order chi connectivity index (χ1) is 28.6. The van der Waals surface area contributed by atoms with Crippen LogP contribution in [0.1, 0.15) is 58.1 Å². The van der Waals surface area contributed by atoms with Crippen LogP contribution >= 0.6 is 0 Å². The molecule has 2 aliphatic carbocycles. The summed E-state index contributed by atoms with van der Waals surface area (Å²) in [5.74, 6) is -4.54. The van der Waals surface area contributed by atoms with Gasteiger partial charge in [-0.1, -0.05) is 12.1 Å². The lowest BCUT2D eigenvalue weighted by Gasteiger charge is -2.19. The second kappa shape index (κ2) is 16.6. The van der Waals surface area contributed by atoms with Crippen LogP contribution in [0.5, 0.6) is 5.75 Å². The van der Waals surface area contributed by atoms with Gasteiger partial charge in [-0.15, -0.1) is 0 Å². The smallest absolute Gasteiger partial charge is 0.336 e. The molecule has 0 saturated carbocycles. The number of carboxylic acids is 4. The fourth-order valence-electron chi connectivity index (χ4n) is 7.19. The van der Waals surface area contributed by atoms with E-state index in [2.05, 4.69) is 0 Å². The molecule has 0 fully saturated rings. The normalized spacial score (nSPS) is 10.9. The minimum Gasteiger partial charge on any atom is -0.507 e. The first kappa shape index (κ1) is 42.4. The zero-order chi connectivity index (χ0) is 43.2. The van der Waals surface area contributed by atoms with Crippen molar-refractivity contribution in [2.24, 2.45) is 11.5 Å². The van der Waals surface area contributed by atoms with Crippen molar-refractivity contribution < 1.29 is 59.0 Å². The third-order valence-corrected chi connectivity index (χ3v) is 9.99. The summed E-state index contributed by atoms with van der Waals surface area (Å²) in [4.78, 5) is 71.1. The van der Waals surface area contributed by atoms with E-state index < -0.39 is 23.9 Å². The highest BCUT2D eigenvalue weighted by Gasteiger charge is 2.27. The molecule has 0 atom stereocenters. The molecule has 308 valence electrons. The predicted molar refractivity (Wildman–Crippen MR) is 223 cm³/mol. The molecule has 0 amide bonds. The fraction of sp³-hybridized carbons (Fsp3) is 0.0667. The average Bonchev–Trinajstić information content (AvgIpc) is 3.21. The number of benzene rings is 6. The number of phenols is 1. The van der Waals surface area contributed by atoms with Gasteiger partial charge < -0.3 is 51.3 Å². The highest BCUT2D eigenvalue weighted by molar-refractivity contribution is 6.10. The van der Waals surface area contributed by atoms with Crippen LogP contribution in [-0.4, -0.2) is 54.9 Å². The van der Waals surface area contributed by atoms with E-state index in [4.69, 9.17) is 20.3 Å². The van der Waals surface area contributed by atoms with E-state index >= 15 is 0 Å². The molecule has 4 aliphatic rings. The van der Waals surface area contributed by atoms with Gasteiger partial charge in [0.05, 0.1) is 33.4 Å². The van der Waals surface area contributed by atoms with Gasteiger partial charge in [-0.25, -0.2) is 19.2 Å². The Balaban J connectivity index is 0.000000201. The first-order valence-electron chi connectivity index (χ1n) is 18.0. The van der Waals surface area contributed by atoms with Gasteiger partial charge in [0, 0.05) is 52.2 Å². The van der Waals surface area contributed by atoms with Crippen LogP contribution in [0.15, 0.2) is 115 Å². The number of phenolic OH excluding ortho intramolecular Hbond substituents is 1. The topological polar surface area (TPSA) is 313 Å². The van der Waals surface area contributed by atoms with Crippen molar-refractivity contribution in [3.8, 4) is 50.7 Å². The van der Waals surface area contributed by atoms with Gasteiger partial charge >= 0.3 is 23.9 Å². The van der Waals surface area contributed by atoms with Crippen molar-refractivity contribution in [3.05, 3.63) is 156 Å². The van der Waals surface area contributed by atoms with Crippen molar-refractivity contribution in [3.63, 3.8) is 0 Å². The molecule has 0 bridgehead atoms. The van der Waals surface area contributed by atoms with Crippen LogP contribution in [0.25, 0.3) is 66.8 Å². The molecule has 0 spiro atoms. The number of hydrogen-bond donors (Lipinski definition) is 7. The van der Waals surface area contributed by atoms with Crippen LogP contribution in [0, 0.1) is 6.92 Å². The number of carboxylic acid groups (broad SMARTS) is 4. The summed E-state index contributed by atoms with van der Waals surface area (Å²) in [5.41, 5.74) is 14.8. The molecule has 2 heterocycles. The monoisotopic (exact) mass is 826 g/mol. The molecule has 4 aromatic carbocycles. The van der Waals surface area contributed by atoms with Gasteiger partial charge in [-0.3, -0.25) is 9.59 Å². The van der Waals surface area contributed by atoms with Crippen molar-refractivity contribution in [1.82, 2.24) is 0 Å². The summed E-state index contributed by atoms with van der Waals surface area (Å²) in [5, 5.41) is 49.5. The standard InChI is InChI=1S/C23H17NO6.C22H15NO7.H2O/c1-11-2-4-14-19(8-11)30-21-15(6-7-18(25)17(21)10-24)20(14)16-9-12(22(26)27)3-5-13(16)23(28)29;23-9-16-17(25)6-5-14-19(13-4-2-11(24)8-18(13)30-20(14)16)15-7-10(21(26)27)1-3-12(15)22(28)29;/h2-9H,10,24H2,1H3,(H,26,27)(H,28,29);1-8,25H,9,23H2,(H,26,27)(H,28,29);1H2. The van der Waals surface area contributed by atoms with Gasteiger partial charge in [0.1, 0.15) is 28.4 Å². The minimum absolute atomic E-state index is 0. The third-order valence-electron chi connectivity index (χ3n) is 9.99. The molecule has 0 saturated heterocycles. The second-order valence-electron chi connectivity index (χ2n) is 13.6. The van der Waals surface area contributed by atoms with E-state index in [0.29, 0.717) is 38.6 Å². The molecule has 2 aliphatic heterocycles. The Morgan fingerprint density at radius 3 is 1.69 bits per heavy atom. The highest BCUT2D eigenvalue weighted by atomic mass is 16.4. The van der Waals surface area contributed by atoms with E-state index in [9.17, 15) is 54.3 Å². The quantitative estimate of drug-likeness (QED) is 0.0860. The molecule has 16 heteroatoms. The van der Waals surface area contributed by atoms with Gasteiger partial charge in [0.25, 0.3) is 0 Å². The Kier molecular flexibility index (Phi) is 11.5. The summed E-state index contributed by atoms with van der Waals surface area (Å²) in [6.07, 6.45) is 0. The second-order valence-corrected chi connectivity index (χ2v) is 13.6. The maximum Gasteiger partial charge on any atom is 0.336 e. The molecule has 4 aromatic rings. The Hall–Kier alpha value is -8.18. The average molecular weight is 827 g/mol. The fourth-order valence-corrected chi connectivity index (χ4v) is 7.19. The van der Waals surface area contributed by atoms with E-state index in [1.54, 1.807) is 18.2 Å². The maximum absolute atomic E-state index is 12.3. The summed E-state index contributed by atoms with van der Waals surface area (Å²) >= 11 is 0. The minimum atomic E-state index is -1.25. The van der Waals surface area contributed by atoms with Crippen LogP contribution in [0.3, 0.4) is 0 Å². The molecular formula is C45H34N2O14. The van der Waals surface area contributed by atoms with Crippen molar-refractivity contribution in [2.75, 3.05) is 0 Å². The van der Waals surface area contributed by atoms with E-state index in [0.717, 1.165) is 5.56 Å². The van der Waals surface area contributed by atoms with E-state index in [1.807, 2.05) is 13.0 Å². The third kappa shape index (κ3) is 7.63. The predicted octanol–water partition coefficient (Wildman–Crippen LogP) is 6.03. The first-order valence-corrected chi connectivity index (χ1v) is 18.0. The number of carbonyl (C=O) groups is 4. The number of aromatic hydroxyl groups is 1. The van der Waals surface area contributed by atoms with Crippen LogP contribution in [0.2, 0.25) is 0 Å². The number of fused-ring (bicyclic) bond motifs is 4. The summed E-state index contributed by atoms with van der Waals surface area (Å²) in [6.45, 7) is 1.74. The number of aromatic carboxylic acids is 4. The summed E-state index contributed by atoms with van der Waals surface area (Å²) < 4.78 is 11.9. The Labute approximate surface area is 342 Å². The largest absolute Gasteiger partial charge is 0.507 e. The molecule has 8 rings (SSSR count). The zero-order valence-corrected chi connectivity index (χ0v) is 31.8. The van der Waals surface area contributed by atoms with Gasteiger partial charge in [-0.2, -0.15) is 0 Å². The molecule has 61 heavy (non-hydrogen) atoms. The number of rotatable bonds is 8. The SMILES string of the molecule is Cc1ccc2c(-c3cc(C(=O)O)ccc3C(=O)O)c3ccc(=O)c(CN)c-3oc2c1.NCc1c(O)ccc2c(-c3cc(C(=O)O)ccc3C(=O)O)c3ccc(=O)cc-3oc12.O. The van der Waals surface area contributed by atoms with E-state index in [-0.39, 0.29) is 96.8 Å². The Morgan fingerprint density at radius 2 is 1.13 bits per heavy atom. The van der Waals surface area contributed by atoms with Crippen LogP contribution in [-0.2, 0) is 13.1 Å². The summed E-state index contributed by atoms with van der Waals surface area (Å²) in [7, 11) is 0. The lowest BCUT2D eigenvalue weighted by atomic mass is 9.88. The van der Waals surface area contributed by atoms with Gasteiger partial charge in [-0.05, 0) is 102 Å². The molecule has 11 N–H and O–H groups in total. The lowest BCUT2D eigenvalue weighted by molar-refractivity contribution is 0.0682. The lowest BCUT2D eigenvalue weighted by Crippen LogP contribution is -2.15. The number of hydrogen-bond acceptors (Lipinski definition) is 11.